The molecule has 0 unspecified atom stereocenters. The van der Waals surface area contributed by atoms with E-state index in [2.05, 4.69) is 9.97 Å². The Morgan fingerprint density at radius 1 is 1.18 bits per heavy atom. The zero-order chi connectivity index (χ0) is 12.1. The number of rotatable bonds is 4. The van der Waals surface area contributed by atoms with Crippen molar-refractivity contribution in [1.82, 2.24) is 9.97 Å². The molecular weight excluding hydrogens is 237 g/mol. The van der Waals surface area contributed by atoms with Crippen molar-refractivity contribution in [3.63, 3.8) is 0 Å². The molecule has 0 aliphatic heterocycles. The van der Waals surface area contributed by atoms with Crippen LogP contribution in [0.5, 0.6) is 0 Å². The average Bonchev–Trinajstić information content (AvgIpc) is 2.37. The van der Waals surface area contributed by atoms with Gasteiger partial charge in [0, 0.05) is 24.1 Å². The third kappa shape index (κ3) is 3.25. The molecular formula is C12H12FN3S. The number of thioether (sulfide) groups is 1. The number of hydrogen-bond acceptors (Lipinski definition) is 4. The number of hydrogen-bond donors (Lipinski definition) is 1. The fraction of sp³-hybridized carbons (Fsp3) is 0.167. The van der Waals surface area contributed by atoms with Crippen LogP contribution in [0.1, 0.15) is 0 Å². The summed E-state index contributed by atoms with van der Waals surface area (Å²) in [5.41, 5.74) is 7.09. The lowest BCUT2D eigenvalue weighted by atomic mass is 10.1. The second-order valence-electron chi connectivity index (χ2n) is 3.37. The van der Waals surface area contributed by atoms with E-state index in [-0.39, 0.29) is 5.82 Å². The SMILES string of the molecule is NCCSc1nccc(-c2ccc(F)cc2)n1. The van der Waals surface area contributed by atoms with Gasteiger partial charge in [0.05, 0.1) is 5.69 Å². The number of nitrogens with two attached hydrogens (primary N) is 1. The Labute approximate surface area is 103 Å². The molecule has 1 aromatic heterocycles. The molecule has 0 fully saturated rings. The lowest BCUT2D eigenvalue weighted by Crippen LogP contribution is -2.02. The Morgan fingerprint density at radius 2 is 1.94 bits per heavy atom. The van der Waals surface area contributed by atoms with Gasteiger partial charge in [0.15, 0.2) is 5.16 Å². The molecule has 88 valence electrons. The van der Waals surface area contributed by atoms with E-state index in [1.54, 1.807) is 24.4 Å². The van der Waals surface area contributed by atoms with Gasteiger partial charge in [0.1, 0.15) is 5.82 Å². The Hall–Kier alpha value is -1.46. The summed E-state index contributed by atoms with van der Waals surface area (Å²) < 4.78 is 12.8. The molecule has 0 saturated carbocycles. The molecule has 0 saturated heterocycles. The topological polar surface area (TPSA) is 51.8 Å². The maximum Gasteiger partial charge on any atom is 0.188 e. The number of aromatic nitrogens is 2. The van der Waals surface area contributed by atoms with E-state index in [1.165, 1.54) is 23.9 Å². The first-order valence-electron chi connectivity index (χ1n) is 5.21. The van der Waals surface area contributed by atoms with E-state index in [0.29, 0.717) is 11.7 Å². The lowest BCUT2D eigenvalue weighted by molar-refractivity contribution is 0.628. The molecule has 17 heavy (non-hydrogen) atoms. The molecule has 0 spiro atoms. The van der Waals surface area contributed by atoms with Gasteiger partial charge in [0.2, 0.25) is 0 Å². The zero-order valence-corrected chi connectivity index (χ0v) is 9.95. The molecule has 0 aliphatic rings. The molecule has 1 aromatic carbocycles. The lowest BCUT2D eigenvalue weighted by Gasteiger charge is -2.03. The smallest absolute Gasteiger partial charge is 0.188 e. The van der Waals surface area contributed by atoms with E-state index < -0.39 is 0 Å². The predicted octanol–water partition coefficient (Wildman–Crippen LogP) is 2.33. The van der Waals surface area contributed by atoms with Gasteiger partial charge in [-0.1, -0.05) is 11.8 Å². The van der Waals surface area contributed by atoms with Crippen molar-refractivity contribution in [2.45, 2.75) is 5.16 Å². The van der Waals surface area contributed by atoms with Crippen LogP contribution < -0.4 is 5.73 Å². The summed E-state index contributed by atoms with van der Waals surface area (Å²) in [4.78, 5) is 8.53. The second kappa shape index (κ2) is 5.75. The number of nitrogens with zero attached hydrogens (tertiary/aromatic N) is 2. The van der Waals surface area contributed by atoms with E-state index in [9.17, 15) is 4.39 Å². The molecule has 2 N–H and O–H groups in total. The molecule has 1 heterocycles. The van der Waals surface area contributed by atoms with Crippen molar-refractivity contribution in [2.24, 2.45) is 5.73 Å². The zero-order valence-electron chi connectivity index (χ0n) is 9.14. The van der Waals surface area contributed by atoms with Crippen LogP contribution in [-0.2, 0) is 0 Å². The summed E-state index contributed by atoms with van der Waals surface area (Å²) in [6.45, 7) is 0.592. The predicted molar refractivity (Wildman–Crippen MR) is 67.2 cm³/mol. The number of halogens is 1. The first-order valence-corrected chi connectivity index (χ1v) is 6.20. The largest absolute Gasteiger partial charge is 0.330 e. The standard InChI is InChI=1S/C12H12FN3S/c13-10-3-1-9(2-4-10)11-5-7-15-12(16-11)17-8-6-14/h1-5,7H,6,8,14H2. The van der Waals surface area contributed by atoms with Gasteiger partial charge in [-0.2, -0.15) is 0 Å². The Kier molecular flexibility index (Phi) is 4.06. The van der Waals surface area contributed by atoms with Crippen molar-refractivity contribution in [3.05, 3.63) is 42.3 Å². The van der Waals surface area contributed by atoms with Gasteiger partial charge in [-0.15, -0.1) is 0 Å². The molecule has 2 rings (SSSR count). The minimum Gasteiger partial charge on any atom is -0.330 e. The van der Waals surface area contributed by atoms with E-state index in [4.69, 9.17) is 5.73 Å². The van der Waals surface area contributed by atoms with Crippen LogP contribution in [0.2, 0.25) is 0 Å². The molecule has 0 amide bonds. The summed E-state index contributed by atoms with van der Waals surface area (Å²) in [5, 5.41) is 0.692. The van der Waals surface area contributed by atoms with Crippen molar-refractivity contribution in [1.29, 1.82) is 0 Å². The third-order valence-corrected chi connectivity index (χ3v) is 3.02. The molecule has 3 nitrogen and oxygen atoms in total. The van der Waals surface area contributed by atoms with Gasteiger partial charge in [-0.05, 0) is 30.3 Å². The highest BCUT2D eigenvalue weighted by atomic mass is 32.2. The van der Waals surface area contributed by atoms with Crippen LogP contribution in [0.25, 0.3) is 11.3 Å². The first kappa shape index (κ1) is 12.0. The quantitative estimate of drug-likeness (QED) is 0.667. The molecule has 0 radical (unpaired) electrons. The van der Waals surface area contributed by atoms with Gasteiger partial charge < -0.3 is 5.73 Å². The normalized spacial score (nSPS) is 10.5. The van der Waals surface area contributed by atoms with E-state index >= 15 is 0 Å². The van der Waals surface area contributed by atoms with Crippen molar-refractivity contribution >= 4 is 11.8 Å². The van der Waals surface area contributed by atoms with Crippen LogP contribution in [0, 0.1) is 5.82 Å². The number of benzene rings is 1. The summed E-state index contributed by atoms with van der Waals surface area (Å²) in [6.07, 6.45) is 1.70. The minimum atomic E-state index is -0.250. The second-order valence-corrected chi connectivity index (χ2v) is 4.43. The molecule has 0 bridgehead atoms. The van der Waals surface area contributed by atoms with Gasteiger partial charge in [-0.25, -0.2) is 14.4 Å². The Bertz CT molecular complexity index is 487. The minimum absolute atomic E-state index is 0.250. The molecule has 0 atom stereocenters. The average molecular weight is 249 g/mol. The molecule has 5 heteroatoms. The van der Waals surface area contributed by atoms with Crippen molar-refractivity contribution < 1.29 is 4.39 Å². The molecule has 2 aromatic rings. The Morgan fingerprint density at radius 3 is 2.65 bits per heavy atom. The van der Waals surface area contributed by atoms with Crippen LogP contribution in [-0.4, -0.2) is 22.3 Å². The van der Waals surface area contributed by atoms with Gasteiger partial charge >= 0.3 is 0 Å². The van der Waals surface area contributed by atoms with Crippen LogP contribution >= 0.6 is 11.8 Å². The van der Waals surface area contributed by atoms with E-state index in [0.717, 1.165) is 17.0 Å². The van der Waals surface area contributed by atoms with Gasteiger partial charge in [0.25, 0.3) is 0 Å². The summed E-state index contributed by atoms with van der Waals surface area (Å²) in [5.74, 6) is 0.535. The fourth-order valence-corrected chi connectivity index (χ4v) is 1.94. The van der Waals surface area contributed by atoms with Crippen molar-refractivity contribution in [2.75, 3.05) is 12.3 Å². The monoisotopic (exact) mass is 249 g/mol. The van der Waals surface area contributed by atoms with Crippen LogP contribution in [0.3, 0.4) is 0 Å². The highest BCUT2D eigenvalue weighted by molar-refractivity contribution is 7.99. The van der Waals surface area contributed by atoms with Gasteiger partial charge in [-0.3, -0.25) is 0 Å². The van der Waals surface area contributed by atoms with E-state index in [1.807, 2.05) is 0 Å². The first-order chi connectivity index (χ1) is 8.29. The Balaban J connectivity index is 2.23. The summed E-state index contributed by atoms with van der Waals surface area (Å²) in [6, 6.07) is 8.05. The summed E-state index contributed by atoms with van der Waals surface area (Å²) >= 11 is 1.51. The summed E-state index contributed by atoms with van der Waals surface area (Å²) in [7, 11) is 0. The third-order valence-electron chi connectivity index (χ3n) is 2.12. The highest BCUT2D eigenvalue weighted by Gasteiger charge is 2.02. The maximum absolute atomic E-state index is 12.8. The van der Waals surface area contributed by atoms with Crippen molar-refractivity contribution in [3.8, 4) is 11.3 Å². The fourth-order valence-electron chi connectivity index (χ4n) is 1.34. The maximum atomic E-state index is 12.8. The van der Waals surface area contributed by atoms with Crippen LogP contribution in [0.4, 0.5) is 4.39 Å². The van der Waals surface area contributed by atoms with Crippen LogP contribution in [0.15, 0.2) is 41.7 Å². The highest BCUT2D eigenvalue weighted by Crippen LogP contribution is 2.19. The molecule has 0 aliphatic carbocycles.